The summed E-state index contributed by atoms with van der Waals surface area (Å²) in [5.41, 5.74) is 1.85. The molecule has 0 saturated carbocycles. The second-order valence-electron chi connectivity index (χ2n) is 5.41. The van der Waals surface area contributed by atoms with Crippen LogP contribution in [0.2, 0.25) is 0 Å². The summed E-state index contributed by atoms with van der Waals surface area (Å²) in [6.07, 6.45) is 4.03. The highest BCUT2D eigenvalue weighted by Crippen LogP contribution is 2.26. The van der Waals surface area contributed by atoms with E-state index in [1.165, 1.54) is 0 Å². The van der Waals surface area contributed by atoms with Gasteiger partial charge in [0.05, 0.1) is 13.7 Å². The van der Waals surface area contributed by atoms with Gasteiger partial charge in [-0.15, -0.1) is 11.3 Å². The van der Waals surface area contributed by atoms with Gasteiger partial charge in [-0.2, -0.15) is 0 Å². The number of nitrogens with one attached hydrogen (secondary N) is 1. The summed E-state index contributed by atoms with van der Waals surface area (Å²) in [7, 11) is 1.62. The SMILES string of the molecule is COc1ccc(NC2CCN(c3nccs3)CC2)cc1CO. The van der Waals surface area contributed by atoms with Gasteiger partial charge in [-0.05, 0) is 31.0 Å². The molecule has 118 valence electrons. The average molecular weight is 319 g/mol. The van der Waals surface area contributed by atoms with Crippen LogP contribution >= 0.6 is 11.3 Å². The van der Waals surface area contributed by atoms with E-state index in [2.05, 4.69) is 15.2 Å². The fourth-order valence-corrected chi connectivity index (χ4v) is 3.51. The van der Waals surface area contributed by atoms with Crippen LogP contribution in [0.5, 0.6) is 5.75 Å². The Morgan fingerprint density at radius 2 is 2.23 bits per heavy atom. The number of rotatable bonds is 5. The molecule has 0 spiro atoms. The number of hydrogen-bond acceptors (Lipinski definition) is 6. The van der Waals surface area contributed by atoms with Gasteiger partial charge in [-0.25, -0.2) is 4.98 Å². The molecule has 2 N–H and O–H groups in total. The summed E-state index contributed by atoms with van der Waals surface area (Å²) in [6, 6.07) is 6.33. The third-order valence-electron chi connectivity index (χ3n) is 4.01. The summed E-state index contributed by atoms with van der Waals surface area (Å²) in [5, 5.41) is 16.1. The van der Waals surface area contributed by atoms with Crippen molar-refractivity contribution in [2.45, 2.75) is 25.5 Å². The molecule has 0 aliphatic carbocycles. The van der Waals surface area contributed by atoms with Gasteiger partial charge < -0.3 is 20.1 Å². The van der Waals surface area contributed by atoms with Gasteiger partial charge in [-0.3, -0.25) is 0 Å². The van der Waals surface area contributed by atoms with Crippen LogP contribution in [0.1, 0.15) is 18.4 Å². The molecule has 0 unspecified atom stereocenters. The smallest absolute Gasteiger partial charge is 0.185 e. The molecule has 22 heavy (non-hydrogen) atoms. The molecular weight excluding hydrogens is 298 g/mol. The van der Waals surface area contributed by atoms with Gasteiger partial charge in [-0.1, -0.05) is 0 Å². The van der Waals surface area contributed by atoms with Gasteiger partial charge >= 0.3 is 0 Å². The molecule has 1 aromatic heterocycles. The normalized spacial score (nSPS) is 15.8. The van der Waals surface area contributed by atoms with E-state index in [1.807, 2.05) is 29.8 Å². The van der Waals surface area contributed by atoms with Crippen LogP contribution in [-0.4, -0.2) is 36.3 Å². The summed E-state index contributed by atoms with van der Waals surface area (Å²) in [6.45, 7) is 2.03. The molecule has 0 bridgehead atoms. The first-order valence-corrected chi connectivity index (χ1v) is 8.37. The molecule has 1 fully saturated rings. The molecule has 0 amide bonds. The Morgan fingerprint density at radius 1 is 1.41 bits per heavy atom. The van der Waals surface area contributed by atoms with E-state index in [9.17, 15) is 5.11 Å². The third-order valence-corrected chi connectivity index (χ3v) is 4.84. The van der Waals surface area contributed by atoms with Crippen LogP contribution < -0.4 is 15.0 Å². The minimum atomic E-state index is -0.0127. The highest BCUT2D eigenvalue weighted by Gasteiger charge is 2.20. The van der Waals surface area contributed by atoms with Crippen LogP contribution in [0.15, 0.2) is 29.8 Å². The minimum absolute atomic E-state index is 0.0127. The lowest BCUT2D eigenvalue weighted by atomic mass is 10.0. The quantitative estimate of drug-likeness (QED) is 0.887. The van der Waals surface area contributed by atoms with Crippen molar-refractivity contribution in [1.82, 2.24) is 4.98 Å². The van der Waals surface area contributed by atoms with Gasteiger partial charge in [0.25, 0.3) is 0 Å². The molecule has 2 heterocycles. The van der Waals surface area contributed by atoms with Crippen molar-refractivity contribution in [2.24, 2.45) is 0 Å². The molecule has 1 aliphatic heterocycles. The molecule has 6 heteroatoms. The van der Waals surface area contributed by atoms with Crippen LogP contribution in [0.4, 0.5) is 10.8 Å². The Hall–Kier alpha value is -1.79. The summed E-state index contributed by atoms with van der Waals surface area (Å²) >= 11 is 1.70. The summed E-state index contributed by atoms with van der Waals surface area (Å²) in [5.74, 6) is 0.728. The maximum atomic E-state index is 9.40. The first kappa shape index (κ1) is 15.1. The topological polar surface area (TPSA) is 57.6 Å². The number of methoxy groups -OCH3 is 1. The van der Waals surface area contributed by atoms with Crippen molar-refractivity contribution in [3.63, 3.8) is 0 Å². The van der Waals surface area contributed by atoms with Crippen molar-refractivity contribution in [1.29, 1.82) is 0 Å². The number of benzene rings is 1. The lowest BCUT2D eigenvalue weighted by Gasteiger charge is -2.32. The van der Waals surface area contributed by atoms with Crippen molar-refractivity contribution in [3.05, 3.63) is 35.3 Å². The van der Waals surface area contributed by atoms with Crippen molar-refractivity contribution in [2.75, 3.05) is 30.4 Å². The van der Waals surface area contributed by atoms with Crippen molar-refractivity contribution < 1.29 is 9.84 Å². The number of piperidine rings is 1. The van der Waals surface area contributed by atoms with Crippen molar-refractivity contribution in [3.8, 4) is 5.75 Å². The first-order valence-electron chi connectivity index (χ1n) is 7.49. The molecule has 2 aromatic rings. The lowest BCUT2D eigenvalue weighted by molar-refractivity contribution is 0.274. The Morgan fingerprint density at radius 3 is 2.86 bits per heavy atom. The van der Waals surface area contributed by atoms with Gasteiger partial charge in [0.15, 0.2) is 5.13 Å². The zero-order valence-electron chi connectivity index (χ0n) is 12.7. The standard InChI is InChI=1S/C16H21N3O2S/c1-21-15-3-2-14(10-12(15)11-20)18-13-4-7-19(8-5-13)16-17-6-9-22-16/h2-3,6,9-10,13,18,20H,4-5,7-8,11H2,1H3. The molecule has 0 atom stereocenters. The van der Waals surface area contributed by atoms with E-state index in [0.717, 1.165) is 48.1 Å². The van der Waals surface area contributed by atoms with E-state index >= 15 is 0 Å². The summed E-state index contributed by atoms with van der Waals surface area (Å²) < 4.78 is 5.24. The first-order chi connectivity index (χ1) is 10.8. The fraction of sp³-hybridized carbons (Fsp3) is 0.438. The van der Waals surface area contributed by atoms with E-state index in [4.69, 9.17) is 4.74 Å². The fourth-order valence-electron chi connectivity index (χ4n) is 2.81. The highest BCUT2D eigenvalue weighted by molar-refractivity contribution is 7.13. The number of aromatic nitrogens is 1. The predicted molar refractivity (Wildman–Crippen MR) is 89.9 cm³/mol. The molecule has 5 nitrogen and oxygen atoms in total. The Balaban J connectivity index is 1.58. The molecular formula is C16H21N3O2S. The average Bonchev–Trinajstić information content (AvgIpc) is 3.10. The Labute approximate surface area is 134 Å². The van der Waals surface area contributed by atoms with Crippen LogP contribution in [0.3, 0.4) is 0 Å². The second kappa shape index (κ2) is 6.98. The maximum absolute atomic E-state index is 9.40. The second-order valence-corrected chi connectivity index (χ2v) is 6.28. The zero-order valence-corrected chi connectivity index (χ0v) is 13.5. The molecule has 1 saturated heterocycles. The molecule has 3 rings (SSSR count). The van der Waals surface area contributed by atoms with Gasteiger partial charge in [0, 0.05) is 42.0 Å². The number of ether oxygens (including phenoxy) is 1. The molecule has 1 aliphatic rings. The minimum Gasteiger partial charge on any atom is -0.496 e. The molecule has 0 radical (unpaired) electrons. The van der Waals surface area contributed by atoms with Crippen LogP contribution in [0.25, 0.3) is 0 Å². The highest BCUT2D eigenvalue weighted by atomic mass is 32.1. The van der Waals surface area contributed by atoms with E-state index < -0.39 is 0 Å². The monoisotopic (exact) mass is 319 g/mol. The number of anilines is 2. The van der Waals surface area contributed by atoms with Gasteiger partial charge in [0.1, 0.15) is 5.75 Å². The number of thiazole rings is 1. The van der Waals surface area contributed by atoms with E-state index in [1.54, 1.807) is 18.4 Å². The zero-order chi connectivity index (χ0) is 15.4. The van der Waals surface area contributed by atoms with Crippen LogP contribution in [-0.2, 0) is 6.61 Å². The number of aliphatic hydroxyl groups excluding tert-OH is 1. The number of aliphatic hydroxyl groups is 1. The van der Waals surface area contributed by atoms with Crippen LogP contribution in [0, 0.1) is 0 Å². The lowest BCUT2D eigenvalue weighted by Crippen LogP contribution is -2.39. The maximum Gasteiger partial charge on any atom is 0.185 e. The largest absolute Gasteiger partial charge is 0.496 e. The molecule has 1 aromatic carbocycles. The number of hydrogen-bond donors (Lipinski definition) is 2. The van der Waals surface area contributed by atoms with Gasteiger partial charge in [0.2, 0.25) is 0 Å². The van der Waals surface area contributed by atoms with E-state index in [-0.39, 0.29) is 6.61 Å². The third kappa shape index (κ3) is 3.34. The number of nitrogens with zero attached hydrogens (tertiary/aromatic N) is 2. The predicted octanol–water partition coefficient (Wildman–Crippen LogP) is 2.72. The summed E-state index contributed by atoms with van der Waals surface area (Å²) in [4.78, 5) is 6.72. The van der Waals surface area contributed by atoms with E-state index in [0.29, 0.717) is 6.04 Å². The Kier molecular flexibility index (Phi) is 4.80. The Bertz CT molecular complexity index is 595. The van der Waals surface area contributed by atoms with Crippen molar-refractivity contribution >= 4 is 22.2 Å².